The minimum atomic E-state index is -0.610. The minimum absolute atomic E-state index is 0.0188. The van der Waals surface area contributed by atoms with Crippen molar-refractivity contribution in [2.45, 2.75) is 0 Å². The lowest BCUT2D eigenvalue weighted by atomic mass is 10.1. The maximum absolute atomic E-state index is 13.2. The Morgan fingerprint density at radius 2 is 1.57 bits per heavy atom. The number of anilines is 1. The summed E-state index contributed by atoms with van der Waals surface area (Å²) in [5.41, 5.74) is 0.818. The topological polar surface area (TPSA) is 86.3 Å². The summed E-state index contributed by atoms with van der Waals surface area (Å²) in [4.78, 5) is 27.0. The monoisotopic (exact) mass is 428 g/mol. The number of carbonyl (C=O) groups excluding carboxylic acids is 2. The van der Waals surface area contributed by atoms with E-state index in [1.165, 1.54) is 39.4 Å². The number of hydrogen-bond acceptors (Lipinski definition) is 7. The van der Waals surface area contributed by atoms with Crippen LogP contribution in [0.3, 0.4) is 0 Å². The van der Waals surface area contributed by atoms with Crippen molar-refractivity contribution in [1.82, 2.24) is 5.32 Å². The largest absolute Gasteiger partial charge is 0.497 e. The number of ether oxygens (including phenoxy) is 4. The van der Waals surface area contributed by atoms with E-state index in [-0.39, 0.29) is 10.7 Å². The highest BCUT2D eigenvalue weighted by molar-refractivity contribution is 7.80. The van der Waals surface area contributed by atoms with Gasteiger partial charge in [0.1, 0.15) is 17.1 Å². The summed E-state index contributed by atoms with van der Waals surface area (Å²) in [5.74, 6) is 0.646. The molecule has 1 aliphatic heterocycles. The molecule has 2 aromatic rings. The van der Waals surface area contributed by atoms with Crippen molar-refractivity contribution in [3.05, 3.63) is 47.5 Å². The van der Waals surface area contributed by atoms with Crippen molar-refractivity contribution in [1.29, 1.82) is 0 Å². The van der Waals surface area contributed by atoms with Crippen molar-refractivity contribution in [3.8, 4) is 23.0 Å². The Bertz CT molecular complexity index is 1050. The number of methoxy groups -OCH3 is 4. The second kappa shape index (κ2) is 8.83. The van der Waals surface area contributed by atoms with Crippen LogP contribution in [-0.2, 0) is 9.59 Å². The van der Waals surface area contributed by atoms with E-state index in [9.17, 15) is 9.59 Å². The zero-order valence-electron chi connectivity index (χ0n) is 16.8. The molecule has 30 heavy (non-hydrogen) atoms. The Kier molecular flexibility index (Phi) is 6.22. The van der Waals surface area contributed by atoms with Crippen LogP contribution in [0.1, 0.15) is 5.56 Å². The molecule has 0 aromatic heterocycles. The molecule has 9 heteroatoms. The molecule has 0 unspecified atom stereocenters. The fraction of sp³-hybridized carbons (Fsp3) is 0.190. The van der Waals surface area contributed by atoms with E-state index in [4.69, 9.17) is 31.2 Å². The third kappa shape index (κ3) is 3.92. The highest BCUT2D eigenvalue weighted by atomic mass is 32.1. The number of thiocarbonyl (C=S) groups is 1. The van der Waals surface area contributed by atoms with E-state index < -0.39 is 11.8 Å². The first-order chi connectivity index (χ1) is 14.4. The summed E-state index contributed by atoms with van der Waals surface area (Å²) in [6.07, 6.45) is 1.42. The molecule has 1 fully saturated rings. The molecule has 0 aliphatic carbocycles. The molecule has 3 rings (SSSR count). The van der Waals surface area contributed by atoms with Gasteiger partial charge in [-0.15, -0.1) is 0 Å². The summed E-state index contributed by atoms with van der Waals surface area (Å²) >= 11 is 5.23. The van der Waals surface area contributed by atoms with Gasteiger partial charge < -0.3 is 18.9 Å². The molecule has 0 spiro atoms. The van der Waals surface area contributed by atoms with Gasteiger partial charge in [0.05, 0.1) is 34.1 Å². The summed E-state index contributed by atoms with van der Waals surface area (Å²) in [6, 6.07) is 10.0. The molecule has 1 saturated heterocycles. The smallest absolute Gasteiger partial charge is 0.270 e. The summed E-state index contributed by atoms with van der Waals surface area (Å²) in [7, 11) is 5.98. The second-order valence-corrected chi connectivity index (χ2v) is 6.50. The van der Waals surface area contributed by atoms with Crippen LogP contribution in [0.4, 0.5) is 5.69 Å². The number of amides is 2. The Morgan fingerprint density at radius 1 is 0.900 bits per heavy atom. The molecule has 2 aromatic carbocycles. The third-order valence-electron chi connectivity index (χ3n) is 4.45. The first-order valence-electron chi connectivity index (χ1n) is 8.79. The summed E-state index contributed by atoms with van der Waals surface area (Å²) < 4.78 is 21.2. The van der Waals surface area contributed by atoms with Gasteiger partial charge in [-0.3, -0.25) is 19.8 Å². The maximum Gasteiger partial charge on any atom is 0.270 e. The van der Waals surface area contributed by atoms with Crippen LogP contribution in [-0.4, -0.2) is 45.4 Å². The Labute approximate surface area is 179 Å². The highest BCUT2D eigenvalue weighted by Gasteiger charge is 2.35. The fourth-order valence-corrected chi connectivity index (χ4v) is 3.24. The number of hydrogen-bond donors (Lipinski definition) is 1. The molecular weight excluding hydrogens is 408 g/mol. The second-order valence-electron chi connectivity index (χ2n) is 6.11. The first kappa shape index (κ1) is 21.1. The van der Waals surface area contributed by atoms with Gasteiger partial charge in [0.15, 0.2) is 16.6 Å². The van der Waals surface area contributed by atoms with Crippen LogP contribution >= 0.6 is 12.2 Å². The summed E-state index contributed by atoms with van der Waals surface area (Å²) in [6.45, 7) is 0. The standard InChI is InChI=1S/C21H20N2O6S/c1-26-14-7-5-6-13(10-14)23-20(25)15(19(24)22-21(23)30)8-12-9-17(28-3)18(29-4)11-16(12)27-2/h5-11H,1-4H3,(H,22,24,30)/b15-8-. The molecule has 1 heterocycles. The predicted molar refractivity (Wildman–Crippen MR) is 115 cm³/mol. The zero-order valence-corrected chi connectivity index (χ0v) is 17.7. The van der Waals surface area contributed by atoms with Crippen LogP contribution in [0, 0.1) is 0 Å². The van der Waals surface area contributed by atoms with Gasteiger partial charge in [-0.2, -0.15) is 0 Å². The fourth-order valence-electron chi connectivity index (χ4n) is 2.96. The van der Waals surface area contributed by atoms with Crippen LogP contribution < -0.4 is 29.2 Å². The molecule has 0 radical (unpaired) electrons. The van der Waals surface area contributed by atoms with Gasteiger partial charge in [0.2, 0.25) is 0 Å². The number of rotatable bonds is 6. The lowest BCUT2D eigenvalue weighted by Gasteiger charge is -2.29. The van der Waals surface area contributed by atoms with Gasteiger partial charge in [0, 0.05) is 17.7 Å². The Morgan fingerprint density at radius 3 is 2.20 bits per heavy atom. The molecule has 1 aliphatic rings. The maximum atomic E-state index is 13.2. The first-order valence-corrected chi connectivity index (χ1v) is 9.19. The molecular formula is C21H20N2O6S. The van der Waals surface area contributed by atoms with Crippen molar-refractivity contribution in [2.75, 3.05) is 33.3 Å². The highest BCUT2D eigenvalue weighted by Crippen LogP contribution is 2.36. The zero-order chi connectivity index (χ0) is 21.8. The molecule has 0 atom stereocenters. The van der Waals surface area contributed by atoms with Crippen molar-refractivity contribution < 1.29 is 28.5 Å². The number of nitrogens with one attached hydrogen (secondary N) is 1. The van der Waals surface area contributed by atoms with Crippen LogP contribution in [0.2, 0.25) is 0 Å². The Hall–Kier alpha value is -3.59. The van der Waals surface area contributed by atoms with Crippen molar-refractivity contribution >= 4 is 40.9 Å². The van der Waals surface area contributed by atoms with Crippen LogP contribution in [0.15, 0.2) is 42.0 Å². The van der Waals surface area contributed by atoms with Crippen molar-refractivity contribution in [3.63, 3.8) is 0 Å². The van der Waals surface area contributed by atoms with E-state index in [1.807, 2.05) is 0 Å². The van der Waals surface area contributed by atoms with Crippen molar-refractivity contribution in [2.24, 2.45) is 0 Å². The van der Waals surface area contributed by atoms with Crippen LogP contribution in [0.5, 0.6) is 23.0 Å². The number of benzene rings is 2. The third-order valence-corrected chi connectivity index (χ3v) is 4.73. The Balaban J connectivity index is 2.09. The molecule has 8 nitrogen and oxygen atoms in total. The predicted octanol–water partition coefficient (Wildman–Crippen LogP) is 2.55. The molecule has 0 saturated carbocycles. The van der Waals surface area contributed by atoms with Gasteiger partial charge in [-0.25, -0.2) is 0 Å². The van der Waals surface area contributed by atoms with Crippen LogP contribution in [0.25, 0.3) is 6.08 Å². The average molecular weight is 428 g/mol. The molecule has 2 amide bonds. The van der Waals surface area contributed by atoms with E-state index >= 15 is 0 Å². The number of nitrogens with zero attached hydrogens (tertiary/aromatic N) is 1. The van der Waals surface area contributed by atoms with E-state index in [1.54, 1.807) is 36.4 Å². The molecule has 156 valence electrons. The average Bonchev–Trinajstić information content (AvgIpc) is 2.76. The lowest BCUT2D eigenvalue weighted by molar-refractivity contribution is -0.122. The van der Waals surface area contributed by atoms with E-state index in [2.05, 4.69) is 5.32 Å². The SMILES string of the molecule is COc1cccc(N2C(=O)/C(=C\c3cc(OC)c(OC)cc3OC)C(=O)NC2=S)c1. The molecule has 0 bridgehead atoms. The van der Waals surface area contributed by atoms with E-state index in [0.717, 1.165) is 0 Å². The van der Waals surface area contributed by atoms with Gasteiger partial charge in [-0.05, 0) is 36.5 Å². The minimum Gasteiger partial charge on any atom is -0.497 e. The van der Waals surface area contributed by atoms with E-state index in [0.29, 0.717) is 34.2 Å². The quantitative estimate of drug-likeness (QED) is 0.430. The number of carbonyl (C=O) groups is 2. The van der Waals surface area contributed by atoms with Gasteiger partial charge >= 0.3 is 0 Å². The van der Waals surface area contributed by atoms with Gasteiger partial charge in [0.25, 0.3) is 11.8 Å². The van der Waals surface area contributed by atoms with Gasteiger partial charge in [-0.1, -0.05) is 6.07 Å². The normalized spacial score (nSPS) is 15.1. The summed E-state index contributed by atoms with van der Waals surface area (Å²) in [5, 5.41) is 2.53. The molecule has 1 N–H and O–H groups in total. The lowest BCUT2D eigenvalue weighted by Crippen LogP contribution is -2.54.